The number of carbonyl (C=O) groups excluding carboxylic acids is 1. The number of ether oxygens (including phenoxy) is 1. The number of thiophene rings is 1. The van der Waals surface area contributed by atoms with E-state index in [0.717, 1.165) is 22.4 Å². The molecule has 1 amide bonds. The standard InChI is InChI=1S/C25H26N4O2S/c1-16-6-5-7-20(9-16)12-29-15-26-25(28-29)27-24(30)23-11-21(14-32-23)13-31-22-10-17(2)8-18(3)19(22)4/h5-11,14-15H,12-13H2,1-4H3,(H,27,28,30). The second kappa shape index (κ2) is 9.36. The zero-order valence-electron chi connectivity index (χ0n) is 18.7. The number of nitrogens with zero attached hydrogens (tertiary/aromatic N) is 3. The molecule has 0 fully saturated rings. The van der Waals surface area contributed by atoms with E-state index >= 15 is 0 Å². The van der Waals surface area contributed by atoms with Gasteiger partial charge in [-0.25, -0.2) is 9.67 Å². The van der Waals surface area contributed by atoms with Crippen LogP contribution in [0.2, 0.25) is 0 Å². The Kier molecular flexibility index (Phi) is 6.37. The molecule has 1 N–H and O–H groups in total. The molecule has 6 nitrogen and oxygen atoms in total. The number of amides is 1. The molecule has 0 bridgehead atoms. The quantitative estimate of drug-likeness (QED) is 0.410. The number of nitrogens with one attached hydrogen (secondary N) is 1. The fourth-order valence-electron chi connectivity index (χ4n) is 3.47. The van der Waals surface area contributed by atoms with Gasteiger partial charge in [0.15, 0.2) is 0 Å². The van der Waals surface area contributed by atoms with Gasteiger partial charge in [-0.15, -0.1) is 16.4 Å². The Bertz CT molecular complexity index is 1260. The molecule has 0 saturated heterocycles. The third kappa shape index (κ3) is 5.23. The highest BCUT2D eigenvalue weighted by atomic mass is 32.1. The number of hydrogen-bond donors (Lipinski definition) is 1. The summed E-state index contributed by atoms with van der Waals surface area (Å²) in [4.78, 5) is 17.4. The highest BCUT2D eigenvalue weighted by Gasteiger charge is 2.13. The van der Waals surface area contributed by atoms with E-state index in [1.165, 1.54) is 28.0 Å². The van der Waals surface area contributed by atoms with Crippen LogP contribution in [0.3, 0.4) is 0 Å². The van der Waals surface area contributed by atoms with Gasteiger partial charge in [0.2, 0.25) is 5.95 Å². The summed E-state index contributed by atoms with van der Waals surface area (Å²) in [6, 6.07) is 14.3. The van der Waals surface area contributed by atoms with Crippen molar-refractivity contribution < 1.29 is 9.53 Å². The van der Waals surface area contributed by atoms with Gasteiger partial charge < -0.3 is 4.74 Å². The summed E-state index contributed by atoms with van der Waals surface area (Å²) in [6.07, 6.45) is 1.62. The first kappa shape index (κ1) is 21.8. The molecule has 4 rings (SSSR count). The molecule has 164 valence electrons. The highest BCUT2D eigenvalue weighted by Crippen LogP contribution is 2.25. The van der Waals surface area contributed by atoms with Crippen LogP contribution in [0.5, 0.6) is 5.75 Å². The molecule has 0 atom stereocenters. The van der Waals surface area contributed by atoms with Crippen molar-refractivity contribution in [2.75, 3.05) is 5.32 Å². The van der Waals surface area contributed by atoms with Gasteiger partial charge in [-0.2, -0.15) is 0 Å². The van der Waals surface area contributed by atoms with Crippen LogP contribution in [-0.2, 0) is 13.2 Å². The maximum atomic E-state index is 12.6. The zero-order valence-corrected chi connectivity index (χ0v) is 19.5. The second-order valence-corrected chi connectivity index (χ2v) is 8.93. The van der Waals surface area contributed by atoms with Crippen molar-refractivity contribution in [3.8, 4) is 5.75 Å². The van der Waals surface area contributed by atoms with E-state index in [0.29, 0.717) is 24.0 Å². The Morgan fingerprint density at radius 3 is 2.72 bits per heavy atom. The van der Waals surface area contributed by atoms with Crippen LogP contribution >= 0.6 is 11.3 Å². The maximum absolute atomic E-state index is 12.6. The maximum Gasteiger partial charge on any atom is 0.268 e. The number of anilines is 1. The van der Waals surface area contributed by atoms with E-state index in [-0.39, 0.29) is 5.91 Å². The number of aromatic nitrogens is 3. The van der Waals surface area contributed by atoms with Crippen LogP contribution < -0.4 is 10.1 Å². The molecule has 0 spiro atoms. The summed E-state index contributed by atoms with van der Waals surface area (Å²) >= 11 is 1.38. The Morgan fingerprint density at radius 1 is 1.06 bits per heavy atom. The Morgan fingerprint density at radius 2 is 1.91 bits per heavy atom. The molecule has 2 aromatic heterocycles. The Balaban J connectivity index is 1.36. The third-order valence-electron chi connectivity index (χ3n) is 5.22. The van der Waals surface area contributed by atoms with Crippen molar-refractivity contribution >= 4 is 23.2 Å². The van der Waals surface area contributed by atoms with E-state index in [1.54, 1.807) is 11.0 Å². The van der Waals surface area contributed by atoms with Gasteiger partial charge in [0, 0.05) is 5.56 Å². The zero-order chi connectivity index (χ0) is 22.7. The largest absolute Gasteiger partial charge is 0.489 e. The average molecular weight is 447 g/mol. The highest BCUT2D eigenvalue weighted by molar-refractivity contribution is 7.12. The van der Waals surface area contributed by atoms with Crippen molar-refractivity contribution in [1.29, 1.82) is 0 Å². The summed E-state index contributed by atoms with van der Waals surface area (Å²) in [5.41, 5.74) is 6.80. The topological polar surface area (TPSA) is 69.0 Å². The summed E-state index contributed by atoms with van der Waals surface area (Å²) < 4.78 is 7.72. The summed E-state index contributed by atoms with van der Waals surface area (Å²) in [5, 5.41) is 9.08. The monoisotopic (exact) mass is 446 g/mol. The summed E-state index contributed by atoms with van der Waals surface area (Å²) in [7, 11) is 0. The number of carbonyl (C=O) groups is 1. The average Bonchev–Trinajstić information content (AvgIpc) is 3.39. The number of aryl methyl sites for hydroxylation is 3. The lowest BCUT2D eigenvalue weighted by atomic mass is 10.1. The molecule has 0 aliphatic carbocycles. The van der Waals surface area contributed by atoms with Crippen molar-refractivity contribution in [1.82, 2.24) is 14.8 Å². The van der Waals surface area contributed by atoms with Gasteiger partial charge in [0.05, 0.1) is 11.4 Å². The molecule has 4 aromatic rings. The molecule has 0 aliphatic heterocycles. The molecule has 0 saturated carbocycles. The van der Waals surface area contributed by atoms with Crippen molar-refractivity contribution in [3.63, 3.8) is 0 Å². The van der Waals surface area contributed by atoms with E-state index in [1.807, 2.05) is 29.6 Å². The van der Waals surface area contributed by atoms with Crippen LogP contribution in [0.4, 0.5) is 5.95 Å². The van der Waals surface area contributed by atoms with Crippen LogP contribution in [-0.4, -0.2) is 20.7 Å². The molecular weight excluding hydrogens is 420 g/mol. The predicted molar refractivity (Wildman–Crippen MR) is 128 cm³/mol. The first-order valence-electron chi connectivity index (χ1n) is 10.4. The van der Waals surface area contributed by atoms with Crippen LogP contribution in [0.25, 0.3) is 0 Å². The lowest BCUT2D eigenvalue weighted by Crippen LogP contribution is -2.12. The van der Waals surface area contributed by atoms with E-state index in [4.69, 9.17) is 4.74 Å². The lowest BCUT2D eigenvalue weighted by molar-refractivity contribution is 0.102. The lowest BCUT2D eigenvalue weighted by Gasteiger charge is -2.11. The fraction of sp³-hybridized carbons (Fsp3) is 0.240. The van der Waals surface area contributed by atoms with Gasteiger partial charge in [-0.05, 0) is 67.5 Å². The van der Waals surface area contributed by atoms with E-state index < -0.39 is 0 Å². The minimum Gasteiger partial charge on any atom is -0.489 e. The first-order valence-corrected chi connectivity index (χ1v) is 11.3. The number of rotatable bonds is 7. The van der Waals surface area contributed by atoms with Crippen LogP contribution in [0, 0.1) is 27.7 Å². The molecule has 0 aliphatic rings. The van der Waals surface area contributed by atoms with Gasteiger partial charge in [0.1, 0.15) is 18.7 Å². The molecule has 32 heavy (non-hydrogen) atoms. The van der Waals surface area contributed by atoms with Gasteiger partial charge in [-0.1, -0.05) is 35.9 Å². The minimum atomic E-state index is -0.225. The molecule has 0 radical (unpaired) electrons. The molecule has 2 heterocycles. The van der Waals surface area contributed by atoms with E-state index in [9.17, 15) is 4.79 Å². The van der Waals surface area contributed by atoms with Gasteiger partial charge >= 0.3 is 0 Å². The van der Waals surface area contributed by atoms with Gasteiger partial charge in [0.25, 0.3) is 5.91 Å². The van der Waals surface area contributed by atoms with Crippen molar-refractivity contribution in [2.45, 2.75) is 40.8 Å². The number of hydrogen-bond acceptors (Lipinski definition) is 5. The minimum absolute atomic E-state index is 0.225. The third-order valence-corrected chi connectivity index (χ3v) is 6.20. The Hall–Kier alpha value is -3.45. The smallest absolute Gasteiger partial charge is 0.268 e. The predicted octanol–water partition coefficient (Wildman–Crippen LogP) is 5.45. The molecule has 7 heteroatoms. The fourth-order valence-corrected chi connectivity index (χ4v) is 4.26. The first-order chi connectivity index (χ1) is 15.4. The number of benzene rings is 2. The molecular formula is C25H26N4O2S. The second-order valence-electron chi connectivity index (χ2n) is 8.02. The van der Waals surface area contributed by atoms with Crippen LogP contribution in [0.1, 0.15) is 43.1 Å². The summed E-state index contributed by atoms with van der Waals surface area (Å²) in [6.45, 7) is 9.27. The van der Waals surface area contributed by atoms with Crippen molar-refractivity contribution in [3.05, 3.63) is 92.4 Å². The molecule has 2 aromatic carbocycles. The Labute approximate surface area is 191 Å². The van der Waals surface area contributed by atoms with Crippen LogP contribution in [0.15, 0.2) is 54.2 Å². The molecule has 0 unspecified atom stereocenters. The summed E-state index contributed by atoms with van der Waals surface area (Å²) in [5.74, 6) is 0.944. The van der Waals surface area contributed by atoms with E-state index in [2.05, 4.69) is 61.3 Å². The van der Waals surface area contributed by atoms with Crippen molar-refractivity contribution in [2.24, 2.45) is 0 Å². The SMILES string of the molecule is Cc1cccc(Cn2cnc(NC(=O)c3cc(COc4cc(C)cc(C)c4C)cs3)n2)c1. The van der Waals surface area contributed by atoms with Gasteiger partial charge in [-0.3, -0.25) is 10.1 Å². The normalized spacial score (nSPS) is 10.9.